The summed E-state index contributed by atoms with van der Waals surface area (Å²) < 4.78 is 16.4. The third kappa shape index (κ3) is 5.29. The van der Waals surface area contributed by atoms with Crippen LogP contribution in [0.2, 0.25) is 0 Å². The van der Waals surface area contributed by atoms with Gasteiger partial charge in [-0.3, -0.25) is 4.79 Å². The van der Waals surface area contributed by atoms with Gasteiger partial charge in [0.1, 0.15) is 0 Å². The number of rotatable bonds is 7. The second kappa shape index (κ2) is 10.2. The molecule has 1 aliphatic heterocycles. The van der Waals surface area contributed by atoms with Crippen LogP contribution in [0.1, 0.15) is 43.0 Å². The Morgan fingerprint density at radius 1 is 1.06 bits per heavy atom. The lowest BCUT2D eigenvalue weighted by molar-refractivity contribution is -0.141. The van der Waals surface area contributed by atoms with E-state index in [1.165, 1.54) is 7.11 Å². The first-order valence-electron chi connectivity index (χ1n) is 10.6. The lowest BCUT2D eigenvalue weighted by atomic mass is 9.90. The van der Waals surface area contributed by atoms with E-state index < -0.39 is 6.04 Å². The zero-order valence-corrected chi connectivity index (χ0v) is 18.6. The summed E-state index contributed by atoms with van der Waals surface area (Å²) in [4.78, 5) is 27.0. The van der Waals surface area contributed by atoms with Crippen LogP contribution < -0.4 is 14.8 Å². The molecule has 2 amide bonds. The number of hydrogen-bond acceptors (Lipinski definition) is 5. The maximum atomic E-state index is 13.1. The van der Waals surface area contributed by atoms with Gasteiger partial charge in [-0.05, 0) is 62.6 Å². The molecule has 0 aliphatic carbocycles. The van der Waals surface area contributed by atoms with Crippen molar-refractivity contribution in [2.24, 2.45) is 0 Å². The summed E-state index contributed by atoms with van der Waals surface area (Å²) in [6.45, 7) is 7.31. The second-order valence-electron chi connectivity index (χ2n) is 7.40. The van der Waals surface area contributed by atoms with Crippen molar-refractivity contribution in [1.82, 2.24) is 4.90 Å². The molecule has 31 heavy (non-hydrogen) atoms. The number of ether oxygens (including phenoxy) is 3. The summed E-state index contributed by atoms with van der Waals surface area (Å²) in [5.41, 5.74) is 3.74. The monoisotopic (exact) mass is 426 g/mol. The molecule has 1 atom stereocenters. The topological polar surface area (TPSA) is 77.1 Å². The van der Waals surface area contributed by atoms with Gasteiger partial charge in [0.25, 0.3) is 0 Å². The molecule has 0 saturated carbocycles. The van der Waals surface area contributed by atoms with Gasteiger partial charge in [-0.25, -0.2) is 4.79 Å². The standard InChI is InChI=1S/C24H30N2O5/c1-5-30-21-13-17-11-12-26(24(28)25-18-9-7-16(3)8-10-18)20(15-23(27)29-4)19(17)14-22(21)31-6-2/h7-10,13-14,20H,5-6,11-12,15H2,1-4H3,(H,25,28)/t20-/m0/s1. The van der Waals surface area contributed by atoms with Crippen LogP contribution in [0.4, 0.5) is 10.5 Å². The molecule has 0 spiro atoms. The van der Waals surface area contributed by atoms with Crippen LogP contribution in [0.3, 0.4) is 0 Å². The molecular formula is C24H30N2O5. The first kappa shape index (κ1) is 22.5. The van der Waals surface area contributed by atoms with E-state index in [1.54, 1.807) is 4.90 Å². The highest BCUT2D eigenvalue weighted by Gasteiger charge is 2.34. The van der Waals surface area contributed by atoms with E-state index in [2.05, 4.69) is 5.32 Å². The van der Waals surface area contributed by atoms with E-state index in [0.717, 1.165) is 16.7 Å². The Bertz CT molecular complexity index is 926. The van der Waals surface area contributed by atoms with Crippen LogP contribution >= 0.6 is 0 Å². The minimum atomic E-state index is -0.462. The number of fused-ring (bicyclic) bond motifs is 1. The molecule has 7 heteroatoms. The van der Waals surface area contributed by atoms with Gasteiger partial charge in [0.05, 0.1) is 32.8 Å². The second-order valence-corrected chi connectivity index (χ2v) is 7.40. The van der Waals surface area contributed by atoms with Crippen molar-refractivity contribution in [3.05, 3.63) is 53.1 Å². The van der Waals surface area contributed by atoms with Crippen molar-refractivity contribution < 1.29 is 23.8 Å². The normalized spacial score (nSPS) is 15.1. The molecule has 166 valence electrons. The fraction of sp³-hybridized carbons (Fsp3) is 0.417. The number of esters is 1. The van der Waals surface area contributed by atoms with Gasteiger partial charge in [0.2, 0.25) is 0 Å². The zero-order chi connectivity index (χ0) is 22.4. The SMILES string of the molecule is CCOc1cc2c(cc1OCC)[C@H](CC(=O)OC)N(C(=O)Nc1ccc(C)cc1)CC2. The van der Waals surface area contributed by atoms with Crippen LogP contribution in [0.25, 0.3) is 0 Å². The summed E-state index contributed by atoms with van der Waals surface area (Å²) in [6, 6.07) is 10.7. The summed E-state index contributed by atoms with van der Waals surface area (Å²) in [5, 5.41) is 2.94. The number of nitrogens with zero attached hydrogens (tertiary/aromatic N) is 1. The molecule has 3 rings (SSSR count). The van der Waals surface area contributed by atoms with E-state index in [1.807, 2.05) is 57.2 Å². The molecule has 1 N–H and O–H groups in total. The van der Waals surface area contributed by atoms with Gasteiger partial charge in [0.15, 0.2) is 11.5 Å². The van der Waals surface area contributed by atoms with Gasteiger partial charge in [-0.15, -0.1) is 0 Å². The average Bonchev–Trinajstić information content (AvgIpc) is 2.76. The van der Waals surface area contributed by atoms with E-state index in [0.29, 0.717) is 43.4 Å². The Hall–Kier alpha value is -3.22. The summed E-state index contributed by atoms with van der Waals surface area (Å²) in [6.07, 6.45) is 0.713. The van der Waals surface area contributed by atoms with Crippen LogP contribution in [-0.4, -0.2) is 43.8 Å². The highest BCUT2D eigenvalue weighted by Crippen LogP contribution is 2.40. The zero-order valence-electron chi connectivity index (χ0n) is 18.6. The van der Waals surface area contributed by atoms with Crippen LogP contribution in [-0.2, 0) is 16.0 Å². The van der Waals surface area contributed by atoms with Gasteiger partial charge in [-0.1, -0.05) is 17.7 Å². The molecule has 1 heterocycles. The third-order valence-electron chi connectivity index (χ3n) is 5.31. The minimum Gasteiger partial charge on any atom is -0.490 e. The predicted molar refractivity (Wildman–Crippen MR) is 119 cm³/mol. The molecule has 2 aromatic carbocycles. The van der Waals surface area contributed by atoms with Crippen molar-refractivity contribution in [3.63, 3.8) is 0 Å². The molecule has 2 aromatic rings. The number of nitrogens with one attached hydrogen (secondary N) is 1. The summed E-state index contributed by atoms with van der Waals surface area (Å²) >= 11 is 0. The predicted octanol–water partition coefficient (Wildman–Crippen LogP) is 4.49. The Kier molecular flexibility index (Phi) is 7.39. The Morgan fingerprint density at radius 3 is 2.32 bits per heavy atom. The Labute approximate surface area is 183 Å². The van der Waals surface area contributed by atoms with Gasteiger partial charge in [-0.2, -0.15) is 0 Å². The number of methoxy groups -OCH3 is 1. The van der Waals surface area contributed by atoms with Gasteiger partial charge in [0, 0.05) is 12.2 Å². The van der Waals surface area contributed by atoms with E-state index in [4.69, 9.17) is 14.2 Å². The number of benzene rings is 2. The number of carbonyl (C=O) groups excluding carboxylic acids is 2. The fourth-order valence-corrected chi connectivity index (χ4v) is 3.78. The highest BCUT2D eigenvalue weighted by molar-refractivity contribution is 5.90. The van der Waals surface area contributed by atoms with Crippen molar-refractivity contribution >= 4 is 17.7 Å². The van der Waals surface area contributed by atoms with Crippen molar-refractivity contribution in [1.29, 1.82) is 0 Å². The number of anilines is 1. The summed E-state index contributed by atoms with van der Waals surface area (Å²) in [7, 11) is 1.35. The van der Waals surface area contributed by atoms with Crippen LogP contribution in [0, 0.1) is 6.92 Å². The van der Waals surface area contributed by atoms with E-state index in [-0.39, 0.29) is 18.4 Å². The Balaban J connectivity index is 1.94. The quantitative estimate of drug-likeness (QED) is 0.660. The molecule has 0 aromatic heterocycles. The number of urea groups is 1. The van der Waals surface area contributed by atoms with Crippen molar-refractivity contribution in [2.75, 3.05) is 32.2 Å². The summed E-state index contributed by atoms with van der Waals surface area (Å²) in [5.74, 6) is 0.911. The molecule has 0 saturated heterocycles. The third-order valence-corrected chi connectivity index (χ3v) is 5.31. The molecular weight excluding hydrogens is 396 g/mol. The van der Waals surface area contributed by atoms with Crippen molar-refractivity contribution in [2.45, 2.75) is 39.7 Å². The van der Waals surface area contributed by atoms with Crippen LogP contribution in [0.5, 0.6) is 11.5 Å². The smallest absolute Gasteiger partial charge is 0.322 e. The number of hydrogen-bond donors (Lipinski definition) is 1. The molecule has 7 nitrogen and oxygen atoms in total. The fourth-order valence-electron chi connectivity index (χ4n) is 3.78. The maximum absolute atomic E-state index is 13.1. The Morgan fingerprint density at radius 2 is 1.71 bits per heavy atom. The van der Waals surface area contributed by atoms with Crippen LogP contribution in [0.15, 0.2) is 36.4 Å². The van der Waals surface area contributed by atoms with E-state index in [9.17, 15) is 9.59 Å². The lowest BCUT2D eigenvalue weighted by Gasteiger charge is -2.37. The van der Waals surface area contributed by atoms with E-state index >= 15 is 0 Å². The molecule has 0 radical (unpaired) electrons. The molecule has 1 aliphatic rings. The minimum absolute atomic E-state index is 0.0599. The van der Waals surface area contributed by atoms with Gasteiger partial charge >= 0.3 is 12.0 Å². The number of carbonyl (C=O) groups is 2. The molecule has 0 bridgehead atoms. The largest absolute Gasteiger partial charge is 0.490 e. The highest BCUT2D eigenvalue weighted by atomic mass is 16.5. The number of amides is 2. The first-order valence-corrected chi connectivity index (χ1v) is 10.6. The maximum Gasteiger partial charge on any atom is 0.322 e. The molecule has 0 fully saturated rings. The van der Waals surface area contributed by atoms with Crippen molar-refractivity contribution in [3.8, 4) is 11.5 Å². The first-order chi connectivity index (χ1) is 15.0. The lowest BCUT2D eigenvalue weighted by Crippen LogP contribution is -2.43. The van der Waals surface area contributed by atoms with Gasteiger partial charge < -0.3 is 24.4 Å². The average molecular weight is 427 g/mol. The number of aryl methyl sites for hydroxylation is 1. The molecule has 0 unspecified atom stereocenters.